The third-order valence-corrected chi connectivity index (χ3v) is 6.19. The number of guanidine groups is 1. The summed E-state index contributed by atoms with van der Waals surface area (Å²) in [6.45, 7) is 4.22. The number of carboxylic acids is 1. The Bertz CT molecular complexity index is 988. The SMILES string of the molecule is CC(C)C(NC(=O)C(CCCN=C(N)N)NC(=O)C(Cc1ccc(O)cc1)NC(=O)C1CCCN1)C(=O)O. The highest BCUT2D eigenvalue weighted by atomic mass is 16.4. The molecule has 13 nitrogen and oxygen atoms in total. The van der Waals surface area contributed by atoms with Crippen molar-refractivity contribution >= 4 is 29.7 Å². The molecule has 1 heterocycles. The number of phenols is 1. The summed E-state index contributed by atoms with van der Waals surface area (Å²) in [5.74, 6) is -3.25. The van der Waals surface area contributed by atoms with E-state index in [-0.39, 0.29) is 37.0 Å². The van der Waals surface area contributed by atoms with E-state index in [1.807, 2.05) is 0 Å². The summed E-state index contributed by atoms with van der Waals surface area (Å²) in [7, 11) is 0. The lowest BCUT2D eigenvalue weighted by atomic mass is 10.0. The van der Waals surface area contributed by atoms with Crippen LogP contribution >= 0.6 is 0 Å². The van der Waals surface area contributed by atoms with Crippen LogP contribution < -0.4 is 32.7 Å². The van der Waals surface area contributed by atoms with Gasteiger partial charge in [0.25, 0.3) is 0 Å². The molecular formula is C25H39N7O6. The van der Waals surface area contributed by atoms with Crippen molar-refractivity contribution in [3.8, 4) is 5.75 Å². The molecule has 1 aliphatic heterocycles. The predicted octanol–water partition coefficient (Wildman–Crippen LogP) is -1.06. The summed E-state index contributed by atoms with van der Waals surface area (Å²) < 4.78 is 0. The highest BCUT2D eigenvalue weighted by molar-refractivity contribution is 5.94. The Morgan fingerprint density at radius 3 is 2.26 bits per heavy atom. The van der Waals surface area contributed by atoms with Crippen molar-refractivity contribution in [3.63, 3.8) is 0 Å². The van der Waals surface area contributed by atoms with E-state index in [1.54, 1.807) is 26.0 Å². The van der Waals surface area contributed by atoms with E-state index >= 15 is 0 Å². The second kappa shape index (κ2) is 14.8. The van der Waals surface area contributed by atoms with Gasteiger partial charge < -0.3 is 42.9 Å². The smallest absolute Gasteiger partial charge is 0.326 e. The number of rotatable bonds is 14. The van der Waals surface area contributed by atoms with E-state index in [2.05, 4.69) is 26.3 Å². The monoisotopic (exact) mass is 533 g/mol. The molecular weight excluding hydrogens is 494 g/mol. The topological polar surface area (TPSA) is 221 Å². The van der Waals surface area contributed by atoms with Crippen LogP contribution in [0.15, 0.2) is 29.3 Å². The molecule has 10 N–H and O–H groups in total. The van der Waals surface area contributed by atoms with Crippen LogP contribution in [-0.4, -0.2) is 77.1 Å². The normalized spacial score (nSPS) is 17.2. The van der Waals surface area contributed by atoms with E-state index in [0.29, 0.717) is 24.9 Å². The van der Waals surface area contributed by atoms with Gasteiger partial charge in [-0.25, -0.2) is 4.79 Å². The maximum absolute atomic E-state index is 13.4. The molecule has 3 amide bonds. The fourth-order valence-corrected chi connectivity index (χ4v) is 4.07. The Morgan fingerprint density at radius 1 is 1.05 bits per heavy atom. The molecule has 0 radical (unpaired) electrons. The molecule has 0 aromatic heterocycles. The van der Waals surface area contributed by atoms with Crippen LogP contribution in [0.4, 0.5) is 0 Å². The van der Waals surface area contributed by atoms with Gasteiger partial charge in [0.15, 0.2) is 5.96 Å². The number of nitrogens with two attached hydrogens (primary N) is 2. The number of carbonyl (C=O) groups is 4. The van der Waals surface area contributed by atoms with Crippen LogP contribution in [0.1, 0.15) is 45.1 Å². The van der Waals surface area contributed by atoms with Crippen LogP contribution in [0.25, 0.3) is 0 Å². The van der Waals surface area contributed by atoms with Gasteiger partial charge in [-0.3, -0.25) is 19.4 Å². The van der Waals surface area contributed by atoms with Crippen molar-refractivity contribution in [1.82, 2.24) is 21.3 Å². The van der Waals surface area contributed by atoms with Crippen molar-refractivity contribution in [2.45, 2.75) is 70.1 Å². The molecule has 0 spiro atoms. The quantitative estimate of drug-likeness (QED) is 0.0827. The van der Waals surface area contributed by atoms with Crippen LogP contribution in [0.3, 0.4) is 0 Å². The number of benzene rings is 1. The highest BCUT2D eigenvalue weighted by Crippen LogP contribution is 2.13. The van der Waals surface area contributed by atoms with Crippen LogP contribution in [-0.2, 0) is 25.6 Å². The molecule has 1 aliphatic rings. The third kappa shape index (κ3) is 9.88. The number of aromatic hydroxyl groups is 1. The number of aliphatic carboxylic acids is 1. The van der Waals surface area contributed by atoms with E-state index in [1.165, 1.54) is 12.1 Å². The molecule has 13 heteroatoms. The Morgan fingerprint density at radius 2 is 1.71 bits per heavy atom. The fourth-order valence-electron chi connectivity index (χ4n) is 4.07. The summed E-state index contributed by atoms with van der Waals surface area (Å²) >= 11 is 0. The minimum absolute atomic E-state index is 0.0598. The fraction of sp³-hybridized carbons (Fsp3) is 0.560. The molecule has 1 fully saturated rings. The van der Waals surface area contributed by atoms with Gasteiger partial charge in [-0.15, -0.1) is 0 Å². The second-order valence-electron chi connectivity index (χ2n) is 9.66. The summed E-state index contributed by atoms with van der Waals surface area (Å²) in [6, 6.07) is 2.52. The zero-order chi connectivity index (χ0) is 28.2. The van der Waals surface area contributed by atoms with Gasteiger partial charge in [0.05, 0.1) is 6.04 Å². The average Bonchev–Trinajstić information content (AvgIpc) is 3.39. The number of phenolic OH excluding ortho intramolecular Hbond substituents is 1. The van der Waals surface area contributed by atoms with Crippen LogP contribution in [0.2, 0.25) is 0 Å². The lowest BCUT2D eigenvalue weighted by Crippen LogP contribution is -2.58. The molecule has 0 aliphatic carbocycles. The first-order valence-corrected chi connectivity index (χ1v) is 12.7. The number of aliphatic imine (C=N–C) groups is 1. The van der Waals surface area contributed by atoms with Crippen molar-refractivity contribution in [3.05, 3.63) is 29.8 Å². The van der Waals surface area contributed by atoms with Crippen molar-refractivity contribution in [2.24, 2.45) is 22.4 Å². The Hall–Kier alpha value is -3.87. The number of carbonyl (C=O) groups excluding carboxylic acids is 3. The predicted molar refractivity (Wildman–Crippen MR) is 141 cm³/mol. The molecule has 0 bridgehead atoms. The first kappa shape index (κ1) is 30.4. The first-order chi connectivity index (χ1) is 18.0. The largest absolute Gasteiger partial charge is 0.508 e. The van der Waals surface area contributed by atoms with Crippen LogP contribution in [0.5, 0.6) is 5.75 Å². The maximum atomic E-state index is 13.4. The lowest BCUT2D eigenvalue weighted by molar-refractivity contribution is -0.143. The van der Waals surface area contributed by atoms with Crippen molar-refractivity contribution < 1.29 is 29.4 Å². The van der Waals surface area contributed by atoms with Crippen molar-refractivity contribution in [2.75, 3.05) is 13.1 Å². The molecule has 4 atom stereocenters. The Kier molecular flexibility index (Phi) is 11.8. The summed E-state index contributed by atoms with van der Waals surface area (Å²) in [4.78, 5) is 54.8. The van der Waals surface area contributed by atoms with Gasteiger partial charge in [0.2, 0.25) is 17.7 Å². The lowest BCUT2D eigenvalue weighted by Gasteiger charge is -2.26. The van der Waals surface area contributed by atoms with Crippen molar-refractivity contribution in [1.29, 1.82) is 0 Å². The highest BCUT2D eigenvalue weighted by Gasteiger charge is 2.32. The van der Waals surface area contributed by atoms with Crippen LogP contribution in [0, 0.1) is 5.92 Å². The minimum atomic E-state index is -1.19. The van der Waals surface area contributed by atoms with Gasteiger partial charge in [0, 0.05) is 13.0 Å². The Labute approximate surface area is 221 Å². The molecule has 2 rings (SSSR count). The van der Waals surface area contributed by atoms with Gasteiger partial charge >= 0.3 is 5.97 Å². The number of hydrogen-bond donors (Lipinski definition) is 8. The Balaban J connectivity index is 2.22. The number of nitrogens with zero attached hydrogens (tertiary/aromatic N) is 1. The molecule has 38 heavy (non-hydrogen) atoms. The summed E-state index contributed by atoms with van der Waals surface area (Å²) in [5, 5.41) is 30.1. The summed E-state index contributed by atoms with van der Waals surface area (Å²) in [6.07, 6.45) is 2.04. The second-order valence-corrected chi connectivity index (χ2v) is 9.66. The van der Waals surface area contributed by atoms with E-state index in [0.717, 1.165) is 6.42 Å². The molecule has 210 valence electrons. The molecule has 1 aromatic carbocycles. The summed E-state index contributed by atoms with van der Waals surface area (Å²) in [5.41, 5.74) is 11.4. The van der Waals surface area contributed by atoms with E-state index in [4.69, 9.17) is 11.5 Å². The average molecular weight is 534 g/mol. The number of amides is 3. The molecule has 4 unspecified atom stereocenters. The van der Waals surface area contributed by atoms with Gasteiger partial charge in [0.1, 0.15) is 23.9 Å². The number of hydrogen-bond acceptors (Lipinski definition) is 7. The molecule has 0 saturated carbocycles. The number of nitrogens with one attached hydrogen (secondary N) is 4. The zero-order valence-corrected chi connectivity index (χ0v) is 21.8. The first-order valence-electron chi connectivity index (χ1n) is 12.7. The number of carboxylic acid groups (broad SMARTS) is 1. The molecule has 1 aromatic rings. The van der Waals surface area contributed by atoms with Gasteiger partial charge in [-0.1, -0.05) is 26.0 Å². The standard InChI is InChI=1S/C25H39N7O6/c1-14(2)20(24(37)38)32-22(35)18(6-4-12-29-25(26)27)30-23(36)19(13-15-7-9-16(33)10-8-15)31-21(34)17-5-3-11-28-17/h7-10,14,17-20,28,33H,3-6,11-13H2,1-2H3,(H,30,36)(H,31,34)(H,32,35)(H,37,38)(H4,26,27,29). The zero-order valence-electron chi connectivity index (χ0n) is 21.8. The maximum Gasteiger partial charge on any atom is 0.326 e. The van der Waals surface area contributed by atoms with Gasteiger partial charge in [-0.05, 0) is 55.8 Å². The minimum Gasteiger partial charge on any atom is -0.508 e. The van der Waals surface area contributed by atoms with E-state index in [9.17, 15) is 29.4 Å². The third-order valence-electron chi connectivity index (χ3n) is 6.19. The molecule has 1 saturated heterocycles. The van der Waals surface area contributed by atoms with Gasteiger partial charge in [-0.2, -0.15) is 0 Å². The van der Waals surface area contributed by atoms with E-state index < -0.39 is 47.9 Å².